The average Bonchev–Trinajstić information content (AvgIpc) is 2.49. The molecule has 0 aromatic heterocycles. The SMILES string of the molecule is CC1(C)CNCCCN1CCN1CCOCC1. The Kier molecular flexibility index (Phi) is 4.79. The van der Waals surface area contributed by atoms with Crippen molar-refractivity contribution in [2.75, 3.05) is 59.0 Å². The molecule has 0 saturated carbocycles. The largest absolute Gasteiger partial charge is 0.379 e. The van der Waals surface area contributed by atoms with Crippen molar-refractivity contribution in [1.82, 2.24) is 15.1 Å². The molecule has 0 amide bonds. The van der Waals surface area contributed by atoms with Crippen LogP contribution in [0.4, 0.5) is 0 Å². The van der Waals surface area contributed by atoms with Gasteiger partial charge in [0.1, 0.15) is 0 Å². The van der Waals surface area contributed by atoms with Crippen LogP contribution >= 0.6 is 0 Å². The van der Waals surface area contributed by atoms with E-state index in [1.165, 1.54) is 26.1 Å². The molecule has 17 heavy (non-hydrogen) atoms. The summed E-state index contributed by atoms with van der Waals surface area (Å²) in [6, 6.07) is 0. The summed E-state index contributed by atoms with van der Waals surface area (Å²) < 4.78 is 5.39. The maximum absolute atomic E-state index is 5.39. The number of hydrogen-bond donors (Lipinski definition) is 1. The molecule has 0 bridgehead atoms. The first-order chi connectivity index (χ1) is 8.18. The van der Waals surface area contributed by atoms with Gasteiger partial charge < -0.3 is 10.1 Å². The lowest BCUT2D eigenvalue weighted by atomic mass is 10.0. The standard InChI is InChI=1S/C13H27N3O/c1-13(2)12-14-4-3-5-16(13)7-6-15-8-10-17-11-9-15/h14H,3-12H2,1-2H3. The van der Waals surface area contributed by atoms with E-state index in [0.29, 0.717) is 5.54 Å². The van der Waals surface area contributed by atoms with E-state index in [9.17, 15) is 0 Å². The summed E-state index contributed by atoms with van der Waals surface area (Å²) in [6.45, 7) is 14.6. The molecule has 2 fully saturated rings. The van der Waals surface area contributed by atoms with Crippen molar-refractivity contribution in [1.29, 1.82) is 0 Å². The predicted octanol–water partition coefficient (Wildman–Crippen LogP) is 0.393. The molecule has 2 saturated heterocycles. The van der Waals surface area contributed by atoms with Gasteiger partial charge in [-0.1, -0.05) is 0 Å². The van der Waals surface area contributed by atoms with E-state index >= 15 is 0 Å². The van der Waals surface area contributed by atoms with Gasteiger partial charge in [0.05, 0.1) is 13.2 Å². The van der Waals surface area contributed by atoms with E-state index in [1.54, 1.807) is 0 Å². The molecule has 100 valence electrons. The van der Waals surface area contributed by atoms with E-state index in [2.05, 4.69) is 29.0 Å². The Bertz CT molecular complexity index is 227. The first-order valence-electron chi connectivity index (χ1n) is 6.94. The van der Waals surface area contributed by atoms with Crippen LogP contribution in [-0.2, 0) is 4.74 Å². The predicted molar refractivity (Wildman–Crippen MR) is 70.4 cm³/mol. The van der Waals surface area contributed by atoms with E-state index in [-0.39, 0.29) is 0 Å². The second kappa shape index (κ2) is 6.14. The highest BCUT2D eigenvalue weighted by atomic mass is 16.5. The number of rotatable bonds is 3. The van der Waals surface area contributed by atoms with Crippen LogP contribution in [-0.4, -0.2) is 74.4 Å². The lowest BCUT2D eigenvalue weighted by Gasteiger charge is -2.38. The zero-order chi connectivity index (χ0) is 12.1. The van der Waals surface area contributed by atoms with Gasteiger partial charge in [-0.25, -0.2) is 0 Å². The highest BCUT2D eigenvalue weighted by molar-refractivity contribution is 4.87. The number of hydrogen-bond acceptors (Lipinski definition) is 4. The lowest BCUT2D eigenvalue weighted by molar-refractivity contribution is 0.0265. The van der Waals surface area contributed by atoms with Gasteiger partial charge in [-0.3, -0.25) is 9.80 Å². The summed E-state index contributed by atoms with van der Waals surface area (Å²) in [5, 5.41) is 3.53. The van der Waals surface area contributed by atoms with E-state index < -0.39 is 0 Å². The Labute approximate surface area is 105 Å². The lowest BCUT2D eigenvalue weighted by Crippen LogP contribution is -2.51. The molecule has 0 unspecified atom stereocenters. The molecule has 2 rings (SSSR count). The second-order valence-electron chi connectivity index (χ2n) is 5.78. The van der Waals surface area contributed by atoms with Crippen LogP contribution in [0.25, 0.3) is 0 Å². The molecule has 0 atom stereocenters. The average molecular weight is 241 g/mol. The minimum atomic E-state index is 0.294. The Balaban J connectivity index is 1.79. The first-order valence-corrected chi connectivity index (χ1v) is 6.94. The monoisotopic (exact) mass is 241 g/mol. The van der Waals surface area contributed by atoms with Crippen molar-refractivity contribution in [2.24, 2.45) is 0 Å². The van der Waals surface area contributed by atoms with Gasteiger partial charge in [0.15, 0.2) is 0 Å². The number of nitrogens with one attached hydrogen (secondary N) is 1. The van der Waals surface area contributed by atoms with Gasteiger partial charge in [-0.15, -0.1) is 0 Å². The fourth-order valence-electron chi connectivity index (χ4n) is 2.71. The molecule has 0 spiro atoms. The molecule has 2 heterocycles. The Morgan fingerprint density at radius 2 is 1.88 bits per heavy atom. The molecule has 2 aliphatic heterocycles. The molecule has 2 aliphatic rings. The summed E-state index contributed by atoms with van der Waals surface area (Å²) in [7, 11) is 0. The van der Waals surface area contributed by atoms with Crippen molar-refractivity contribution >= 4 is 0 Å². The van der Waals surface area contributed by atoms with E-state index in [4.69, 9.17) is 4.74 Å². The fraction of sp³-hybridized carbons (Fsp3) is 1.00. The summed E-state index contributed by atoms with van der Waals surface area (Å²) in [4.78, 5) is 5.17. The third kappa shape index (κ3) is 3.91. The number of nitrogens with zero attached hydrogens (tertiary/aromatic N) is 2. The van der Waals surface area contributed by atoms with Gasteiger partial charge in [-0.05, 0) is 33.4 Å². The van der Waals surface area contributed by atoms with Crippen LogP contribution < -0.4 is 5.32 Å². The topological polar surface area (TPSA) is 27.7 Å². The van der Waals surface area contributed by atoms with Crippen molar-refractivity contribution < 1.29 is 4.74 Å². The minimum Gasteiger partial charge on any atom is -0.379 e. The van der Waals surface area contributed by atoms with Crippen LogP contribution in [0.5, 0.6) is 0 Å². The summed E-state index contributed by atoms with van der Waals surface area (Å²) >= 11 is 0. The molecule has 4 heteroatoms. The molecular weight excluding hydrogens is 214 g/mol. The maximum Gasteiger partial charge on any atom is 0.0594 e. The fourth-order valence-corrected chi connectivity index (χ4v) is 2.71. The van der Waals surface area contributed by atoms with Crippen LogP contribution in [0, 0.1) is 0 Å². The smallest absolute Gasteiger partial charge is 0.0594 e. The summed E-state index contributed by atoms with van der Waals surface area (Å²) in [5.41, 5.74) is 0.294. The summed E-state index contributed by atoms with van der Waals surface area (Å²) in [6.07, 6.45) is 1.27. The molecule has 0 aromatic carbocycles. The highest BCUT2D eigenvalue weighted by Crippen LogP contribution is 2.16. The minimum absolute atomic E-state index is 0.294. The molecule has 4 nitrogen and oxygen atoms in total. The molecular formula is C13H27N3O. The van der Waals surface area contributed by atoms with Crippen molar-refractivity contribution in [3.8, 4) is 0 Å². The van der Waals surface area contributed by atoms with E-state index in [1.807, 2.05) is 0 Å². The van der Waals surface area contributed by atoms with Crippen molar-refractivity contribution in [3.05, 3.63) is 0 Å². The Morgan fingerprint density at radius 3 is 2.65 bits per heavy atom. The van der Waals surface area contributed by atoms with Gasteiger partial charge in [0, 0.05) is 38.3 Å². The zero-order valence-corrected chi connectivity index (χ0v) is 11.4. The van der Waals surface area contributed by atoms with Crippen LogP contribution in [0.15, 0.2) is 0 Å². The second-order valence-corrected chi connectivity index (χ2v) is 5.78. The van der Waals surface area contributed by atoms with Crippen molar-refractivity contribution in [3.63, 3.8) is 0 Å². The highest BCUT2D eigenvalue weighted by Gasteiger charge is 2.28. The van der Waals surface area contributed by atoms with Crippen molar-refractivity contribution in [2.45, 2.75) is 25.8 Å². The van der Waals surface area contributed by atoms with Gasteiger partial charge in [-0.2, -0.15) is 0 Å². The number of morpholine rings is 1. The molecule has 0 radical (unpaired) electrons. The zero-order valence-electron chi connectivity index (χ0n) is 11.4. The molecule has 0 aliphatic carbocycles. The quantitative estimate of drug-likeness (QED) is 0.774. The first kappa shape index (κ1) is 13.3. The van der Waals surface area contributed by atoms with Gasteiger partial charge >= 0.3 is 0 Å². The summed E-state index contributed by atoms with van der Waals surface area (Å²) in [5.74, 6) is 0. The third-order valence-corrected chi connectivity index (χ3v) is 3.99. The normalized spacial score (nSPS) is 27.9. The van der Waals surface area contributed by atoms with Crippen LogP contribution in [0.1, 0.15) is 20.3 Å². The molecule has 0 aromatic rings. The molecule has 1 N–H and O–H groups in total. The van der Waals surface area contributed by atoms with Gasteiger partial charge in [0.25, 0.3) is 0 Å². The number of ether oxygens (including phenoxy) is 1. The Hall–Kier alpha value is -0.160. The van der Waals surface area contributed by atoms with Crippen LogP contribution in [0.2, 0.25) is 0 Å². The van der Waals surface area contributed by atoms with E-state index in [0.717, 1.165) is 39.4 Å². The Morgan fingerprint density at radius 1 is 1.12 bits per heavy atom. The maximum atomic E-state index is 5.39. The third-order valence-electron chi connectivity index (χ3n) is 3.99. The van der Waals surface area contributed by atoms with Gasteiger partial charge in [0.2, 0.25) is 0 Å². The van der Waals surface area contributed by atoms with Crippen LogP contribution in [0.3, 0.4) is 0 Å².